The van der Waals surface area contributed by atoms with Crippen LogP contribution >= 0.6 is 0 Å². The van der Waals surface area contributed by atoms with Crippen LogP contribution in [-0.2, 0) is 0 Å². The average molecular weight is 238 g/mol. The Labute approximate surface area is 105 Å². The van der Waals surface area contributed by atoms with Gasteiger partial charge in [-0.15, -0.1) is 0 Å². The number of aliphatic hydroxyl groups is 2. The number of hydrogen-bond acceptors (Lipinski definition) is 2. The standard InChI is InChI=1S/C15H26O2/c1-10(2)12-6-7-15(3)13(12)8-11(9-16)4-5-14(15)17/h8,10,12-14,16-17H,4-7,9H2,1-3H3. The van der Waals surface area contributed by atoms with Gasteiger partial charge in [-0.2, -0.15) is 0 Å². The summed E-state index contributed by atoms with van der Waals surface area (Å²) >= 11 is 0. The Bertz CT molecular complexity index is 308. The lowest BCUT2D eigenvalue weighted by Crippen LogP contribution is -2.36. The molecule has 2 aliphatic rings. The smallest absolute Gasteiger partial charge is 0.0641 e. The Kier molecular flexibility index (Phi) is 3.65. The minimum Gasteiger partial charge on any atom is -0.393 e. The lowest BCUT2D eigenvalue weighted by molar-refractivity contribution is 0.0109. The van der Waals surface area contributed by atoms with E-state index in [2.05, 4.69) is 26.8 Å². The Balaban J connectivity index is 2.33. The fourth-order valence-electron chi connectivity index (χ4n) is 3.88. The summed E-state index contributed by atoms with van der Waals surface area (Å²) in [5, 5.41) is 19.8. The monoisotopic (exact) mass is 238 g/mol. The van der Waals surface area contributed by atoms with Gasteiger partial charge in [0.1, 0.15) is 0 Å². The van der Waals surface area contributed by atoms with Gasteiger partial charge in [-0.05, 0) is 49.0 Å². The first-order valence-corrected chi connectivity index (χ1v) is 6.97. The highest BCUT2D eigenvalue weighted by Crippen LogP contribution is 2.54. The molecular formula is C15H26O2. The Morgan fingerprint density at radius 3 is 2.71 bits per heavy atom. The van der Waals surface area contributed by atoms with Crippen molar-refractivity contribution in [2.75, 3.05) is 6.61 Å². The molecule has 2 N–H and O–H groups in total. The maximum atomic E-state index is 10.4. The van der Waals surface area contributed by atoms with Crippen LogP contribution in [0.25, 0.3) is 0 Å². The Hall–Kier alpha value is -0.340. The van der Waals surface area contributed by atoms with Gasteiger partial charge < -0.3 is 10.2 Å². The molecule has 1 saturated carbocycles. The van der Waals surface area contributed by atoms with E-state index in [1.807, 2.05) is 0 Å². The van der Waals surface area contributed by atoms with Crippen LogP contribution in [0.1, 0.15) is 46.5 Å². The van der Waals surface area contributed by atoms with Crippen molar-refractivity contribution in [2.24, 2.45) is 23.2 Å². The molecule has 4 atom stereocenters. The SMILES string of the molecule is CC(C)C1CCC2(C)C(O)CCC(CO)=CC12. The molecule has 2 aliphatic carbocycles. The van der Waals surface area contributed by atoms with Crippen LogP contribution in [0.2, 0.25) is 0 Å². The van der Waals surface area contributed by atoms with E-state index in [1.54, 1.807) is 0 Å². The van der Waals surface area contributed by atoms with Crippen molar-refractivity contribution in [3.05, 3.63) is 11.6 Å². The third-order valence-corrected chi connectivity index (χ3v) is 5.21. The zero-order valence-corrected chi connectivity index (χ0v) is 11.3. The van der Waals surface area contributed by atoms with Crippen LogP contribution in [0, 0.1) is 23.2 Å². The molecule has 98 valence electrons. The van der Waals surface area contributed by atoms with Crippen molar-refractivity contribution in [3.63, 3.8) is 0 Å². The van der Waals surface area contributed by atoms with E-state index in [0.717, 1.165) is 24.8 Å². The van der Waals surface area contributed by atoms with Crippen LogP contribution in [0.3, 0.4) is 0 Å². The maximum Gasteiger partial charge on any atom is 0.0641 e. The van der Waals surface area contributed by atoms with Crippen LogP contribution in [0.15, 0.2) is 11.6 Å². The van der Waals surface area contributed by atoms with Crippen molar-refractivity contribution >= 4 is 0 Å². The summed E-state index contributed by atoms with van der Waals surface area (Å²) in [6.07, 6.45) is 6.07. The minimum atomic E-state index is -0.212. The minimum absolute atomic E-state index is 0.0336. The predicted molar refractivity (Wildman–Crippen MR) is 69.6 cm³/mol. The van der Waals surface area contributed by atoms with Crippen LogP contribution in [0.5, 0.6) is 0 Å². The maximum absolute atomic E-state index is 10.4. The van der Waals surface area contributed by atoms with Crippen molar-refractivity contribution in [3.8, 4) is 0 Å². The third-order valence-electron chi connectivity index (χ3n) is 5.21. The molecule has 0 aromatic rings. The van der Waals surface area contributed by atoms with E-state index in [0.29, 0.717) is 17.8 Å². The lowest BCUT2D eigenvalue weighted by Gasteiger charge is -2.36. The summed E-state index contributed by atoms with van der Waals surface area (Å²) in [6, 6.07) is 0. The highest BCUT2D eigenvalue weighted by Gasteiger charge is 2.49. The van der Waals surface area contributed by atoms with E-state index in [1.165, 1.54) is 6.42 Å². The Morgan fingerprint density at radius 2 is 2.12 bits per heavy atom. The molecule has 17 heavy (non-hydrogen) atoms. The van der Waals surface area contributed by atoms with Gasteiger partial charge in [0, 0.05) is 5.41 Å². The normalized spacial score (nSPS) is 42.2. The molecule has 0 amide bonds. The van der Waals surface area contributed by atoms with Gasteiger partial charge in [0.15, 0.2) is 0 Å². The van der Waals surface area contributed by atoms with Gasteiger partial charge in [0.2, 0.25) is 0 Å². The zero-order chi connectivity index (χ0) is 12.6. The molecule has 0 heterocycles. The Morgan fingerprint density at radius 1 is 1.41 bits per heavy atom. The summed E-state index contributed by atoms with van der Waals surface area (Å²) in [7, 11) is 0. The molecule has 0 saturated heterocycles. The van der Waals surface area contributed by atoms with Crippen LogP contribution < -0.4 is 0 Å². The van der Waals surface area contributed by atoms with Gasteiger partial charge in [-0.25, -0.2) is 0 Å². The number of allylic oxidation sites excluding steroid dienone is 1. The second-order valence-electron chi connectivity index (χ2n) is 6.52. The number of fused-ring (bicyclic) bond motifs is 1. The molecule has 0 spiro atoms. The summed E-state index contributed by atoms with van der Waals surface area (Å²) in [5.74, 6) is 1.76. The summed E-state index contributed by atoms with van der Waals surface area (Å²) in [4.78, 5) is 0. The second-order valence-corrected chi connectivity index (χ2v) is 6.52. The molecule has 2 heteroatoms. The highest BCUT2D eigenvalue weighted by molar-refractivity contribution is 5.16. The van der Waals surface area contributed by atoms with Crippen molar-refractivity contribution in [1.29, 1.82) is 0 Å². The molecular weight excluding hydrogens is 212 g/mol. The molecule has 0 aromatic carbocycles. The van der Waals surface area contributed by atoms with Gasteiger partial charge in [0.05, 0.1) is 12.7 Å². The predicted octanol–water partition coefficient (Wildman–Crippen LogP) is 2.75. The van der Waals surface area contributed by atoms with Gasteiger partial charge in [-0.1, -0.05) is 26.8 Å². The fourth-order valence-corrected chi connectivity index (χ4v) is 3.88. The van der Waals surface area contributed by atoms with E-state index in [-0.39, 0.29) is 18.1 Å². The van der Waals surface area contributed by atoms with E-state index in [4.69, 9.17) is 0 Å². The van der Waals surface area contributed by atoms with Gasteiger partial charge >= 0.3 is 0 Å². The van der Waals surface area contributed by atoms with Gasteiger partial charge in [-0.3, -0.25) is 0 Å². The quantitative estimate of drug-likeness (QED) is 0.726. The van der Waals surface area contributed by atoms with Crippen molar-refractivity contribution < 1.29 is 10.2 Å². The summed E-state index contributed by atoms with van der Waals surface area (Å²) < 4.78 is 0. The highest BCUT2D eigenvalue weighted by atomic mass is 16.3. The lowest BCUT2D eigenvalue weighted by atomic mass is 9.71. The molecule has 2 nitrogen and oxygen atoms in total. The fraction of sp³-hybridized carbons (Fsp3) is 0.867. The zero-order valence-electron chi connectivity index (χ0n) is 11.3. The molecule has 1 fully saturated rings. The van der Waals surface area contributed by atoms with Crippen molar-refractivity contribution in [1.82, 2.24) is 0 Å². The largest absolute Gasteiger partial charge is 0.393 e. The third kappa shape index (κ3) is 2.17. The molecule has 4 unspecified atom stereocenters. The van der Waals surface area contributed by atoms with E-state index < -0.39 is 0 Å². The van der Waals surface area contributed by atoms with E-state index in [9.17, 15) is 10.2 Å². The number of hydrogen-bond donors (Lipinski definition) is 2. The number of aliphatic hydroxyl groups excluding tert-OH is 2. The summed E-state index contributed by atoms with van der Waals surface area (Å²) in [6.45, 7) is 6.95. The molecule has 0 aromatic heterocycles. The van der Waals surface area contributed by atoms with E-state index >= 15 is 0 Å². The van der Waals surface area contributed by atoms with Crippen LogP contribution in [-0.4, -0.2) is 22.9 Å². The average Bonchev–Trinajstić information content (AvgIpc) is 2.57. The number of rotatable bonds is 2. The first kappa shape index (κ1) is 13.1. The molecule has 0 bridgehead atoms. The molecule has 2 rings (SSSR count). The van der Waals surface area contributed by atoms with Crippen molar-refractivity contribution in [2.45, 2.75) is 52.6 Å². The van der Waals surface area contributed by atoms with Gasteiger partial charge in [0.25, 0.3) is 0 Å². The topological polar surface area (TPSA) is 40.5 Å². The van der Waals surface area contributed by atoms with Crippen LogP contribution in [0.4, 0.5) is 0 Å². The first-order chi connectivity index (χ1) is 7.99. The molecule has 0 radical (unpaired) electrons. The first-order valence-electron chi connectivity index (χ1n) is 6.97. The second kappa shape index (κ2) is 4.74. The molecule has 0 aliphatic heterocycles. The summed E-state index contributed by atoms with van der Waals surface area (Å²) in [5.41, 5.74) is 1.16.